The van der Waals surface area contributed by atoms with Gasteiger partial charge in [0.05, 0.1) is 6.61 Å². The summed E-state index contributed by atoms with van der Waals surface area (Å²) < 4.78 is 4.88. The number of rotatable bonds is 4. The summed E-state index contributed by atoms with van der Waals surface area (Å²) >= 11 is 0. The second-order valence-electron chi connectivity index (χ2n) is 2.17. The highest BCUT2D eigenvalue weighted by Gasteiger charge is 2.00. The molecule has 0 radical (unpaired) electrons. The van der Waals surface area contributed by atoms with Crippen molar-refractivity contribution in [2.75, 3.05) is 6.61 Å². The number of aliphatic hydroxyl groups is 1. The van der Waals surface area contributed by atoms with Gasteiger partial charge in [-0.3, -0.25) is 0 Å². The van der Waals surface area contributed by atoms with Gasteiger partial charge in [0.15, 0.2) is 6.29 Å². The van der Waals surface area contributed by atoms with Gasteiger partial charge in [-0.25, -0.2) is 0 Å². The minimum absolute atomic E-state index is 0.00574. The SMILES string of the molecule is CCC(O)OCC(C)N. The van der Waals surface area contributed by atoms with Gasteiger partial charge in [-0.15, -0.1) is 0 Å². The average molecular weight is 133 g/mol. The first kappa shape index (κ1) is 8.88. The maximum atomic E-state index is 8.83. The topological polar surface area (TPSA) is 55.5 Å². The van der Waals surface area contributed by atoms with Gasteiger partial charge in [-0.2, -0.15) is 0 Å². The Kier molecular flexibility index (Phi) is 4.67. The Morgan fingerprint density at radius 2 is 2.22 bits per heavy atom. The molecule has 0 bridgehead atoms. The molecule has 0 spiro atoms. The van der Waals surface area contributed by atoms with Gasteiger partial charge in [-0.05, 0) is 13.3 Å². The van der Waals surface area contributed by atoms with Crippen LogP contribution in [0.2, 0.25) is 0 Å². The van der Waals surface area contributed by atoms with Crippen LogP contribution in [-0.2, 0) is 4.74 Å². The number of hydrogen-bond donors (Lipinski definition) is 2. The van der Waals surface area contributed by atoms with E-state index in [9.17, 15) is 0 Å². The molecule has 0 saturated heterocycles. The summed E-state index contributed by atoms with van der Waals surface area (Å²) in [6, 6.07) is 0.00574. The summed E-state index contributed by atoms with van der Waals surface area (Å²) in [7, 11) is 0. The fourth-order valence-electron chi connectivity index (χ4n) is 0.381. The van der Waals surface area contributed by atoms with Crippen molar-refractivity contribution in [1.82, 2.24) is 0 Å². The molecule has 2 unspecified atom stereocenters. The summed E-state index contributed by atoms with van der Waals surface area (Å²) in [5.74, 6) is 0. The van der Waals surface area contributed by atoms with Gasteiger partial charge in [0.2, 0.25) is 0 Å². The molecule has 3 N–H and O–H groups in total. The third kappa shape index (κ3) is 5.76. The van der Waals surface area contributed by atoms with E-state index in [-0.39, 0.29) is 6.04 Å². The van der Waals surface area contributed by atoms with E-state index in [4.69, 9.17) is 15.6 Å². The Labute approximate surface area is 55.8 Å². The van der Waals surface area contributed by atoms with Crippen LogP contribution in [0.15, 0.2) is 0 Å². The minimum Gasteiger partial charge on any atom is -0.368 e. The molecule has 0 heterocycles. The molecule has 9 heavy (non-hydrogen) atoms. The van der Waals surface area contributed by atoms with Crippen LogP contribution < -0.4 is 5.73 Å². The van der Waals surface area contributed by atoms with Crippen LogP contribution in [0, 0.1) is 0 Å². The lowest BCUT2D eigenvalue weighted by molar-refractivity contribution is -0.103. The number of aliphatic hydroxyl groups excluding tert-OH is 1. The van der Waals surface area contributed by atoms with E-state index in [0.717, 1.165) is 0 Å². The van der Waals surface area contributed by atoms with E-state index >= 15 is 0 Å². The lowest BCUT2D eigenvalue weighted by atomic mass is 10.4. The van der Waals surface area contributed by atoms with Crippen molar-refractivity contribution in [2.45, 2.75) is 32.6 Å². The number of hydrogen-bond acceptors (Lipinski definition) is 3. The fraction of sp³-hybridized carbons (Fsp3) is 1.00. The smallest absolute Gasteiger partial charge is 0.154 e. The summed E-state index contributed by atoms with van der Waals surface area (Å²) in [5, 5.41) is 8.83. The van der Waals surface area contributed by atoms with Crippen LogP contribution in [0.25, 0.3) is 0 Å². The molecule has 2 atom stereocenters. The highest BCUT2D eigenvalue weighted by Crippen LogP contribution is 1.92. The second-order valence-corrected chi connectivity index (χ2v) is 2.17. The molecule has 56 valence electrons. The predicted molar refractivity (Wildman–Crippen MR) is 35.9 cm³/mol. The first-order chi connectivity index (χ1) is 4.16. The standard InChI is InChI=1S/C6H15NO2/c1-3-6(8)9-4-5(2)7/h5-6,8H,3-4,7H2,1-2H3. The quantitative estimate of drug-likeness (QED) is 0.534. The molecule has 0 aromatic rings. The lowest BCUT2D eigenvalue weighted by Gasteiger charge is -2.10. The molecule has 0 aliphatic heterocycles. The Morgan fingerprint density at radius 3 is 2.56 bits per heavy atom. The van der Waals surface area contributed by atoms with Gasteiger partial charge in [0, 0.05) is 6.04 Å². The molecule has 0 amide bonds. The fourth-order valence-corrected chi connectivity index (χ4v) is 0.381. The van der Waals surface area contributed by atoms with Gasteiger partial charge in [-0.1, -0.05) is 6.92 Å². The highest BCUT2D eigenvalue weighted by molar-refractivity contribution is 4.48. The van der Waals surface area contributed by atoms with Crippen LogP contribution in [0.1, 0.15) is 20.3 Å². The van der Waals surface area contributed by atoms with E-state index in [2.05, 4.69) is 0 Å². The third-order valence-corrected chi connectivity index (χ3v) is 0.901. The minimum atomic E-state index is -0.643. The zero-order chi connectivity index (χ0) is 7.28. The summed E-state index contributed by atoms with van der Waals surface area (Å²) in [6.07, 6.45) is -0.0248. The van der Waals surface area contributed by atoms with Crippen LogP contribution in [0.4, 0.5) is 0 Å². The van der Waals surface area contributed by atoms with Crippen molar-refractivity contribution in [3.05, 3.63) is 0 Å². The maximum absolute atomic E-state index is 8.83. The Hall–Kier alpha value is -0.120. The molecular formula is C6H15NO2. The zero-order valence-corrected chi connectivity index (χ0v) is 6.00. The Bertz CT molecular complexity index is 66.1. The molecule has 0 aromatic heterocycles. The lowest BCUT2D eigenvalue weighted by Crippen LogP contribution is -2.25. The van der Waals surface area contributed by atoms with Crippen molar-refractivity contribution >= 4 is 0 Å². The van der Waals surface area contributed by atoms with Crippen LogP contribution in [0.3, 0.4) is 0 Å². The second kappa shape index (κ2) is 4.73. The van der Waals surface area contributed by atoms with Gasteiger partial charge in [0.1, 0.15) is 0 Å². The van der Waals surface area contributed by atoms with Crippen molar-refractivity contribution < 1.29 is 9.84 Å². The van der Waals surface area contributed by atoms with Gasteiger partial charge in [0.25, 0.3) is 0 Å². The molecule has 0 aliphatic carbocycles. The highest BCUT2D eigenvalue weighted by atomic mass is 16.6. The zero-order valence-electron chi connectivity index (χ0n) is 6.00. The van der Waals surface area contributed by atoms with Crippen LogP contribution >= 0.6 is 0 Å². The van der Waals surface area contributed by atoms with Crippen molar-refractivity contribution in [3.8, 4) is 0 Å². The molecular weight excluding hydrogens is 118 g/mol. The van der Waals surface area contributed by atoms with Crippen LogP contribution in [0.5, 0.6) is 0 Å². The van der Waals surface area contributed by atoms with Crippen molar-refractivity contribution in [3.63, 3.8) is 0 Å². The molecule has 0 fully saturated rings. The van der Waals surface area contributed by atoms with E-state index in [0.29, 0.717) is 13.0 Å². The monoisotopic (exact) mass is 133 g/mol. The van der Waals surface area contributed by atoms with E-state index in [1.165, 1.54) is 0 Å². The molecule has 0 aromatic carbocycles. The Morgan fingerprint density at radius 1 is 1.67 bits per heavy atom. The van der Waals surface area contributed by atoms with E-state index in [1.54, 1.807) is 0 Å². The van der Waals surface area contributed by atoms with E-state index < -0.39 is 6.29 Å². The number of nitrogens with two attached hydrogens (primary N) is 1. The van der Waals surface area contributed by atoms with Gasteiger partial charge >= 0.3 is 0 Å². The molecule has 0 saturated carbocycles. The van der Waals surface area contributed by atoms with Crippen LogP contribution in [-0.4, -0.2) is 24.0 Å². The van der Waals surface area contributed by atoms with Crippen molar-refractivity contribution in [2.24, 2.45) is 5.73 Å². The largest absolute Gasteiger partial charge is 0.368 e. The third-order valence-electron chi connectivity index (χ3n) is 0.901. The average Bonchev–Trinajstić information content (AvgIpc) is 1.83. The van der Waals surface area contributed by atoms with E-state index in [1.807, 2.05) is 13.8 Å². The summed E-state index contributed by atoms with van der Waals surface area (Å²) in [6.45, 7) is 4.11. The summed E-state index contributed by atoms with van der Waals surface area (Å²) in [4.78, 5) is 0. The van der Waals surface area contributed by atoms with Crippen molar-refractivity contribution in [1.29, 1.82) is 0 Å². The maximum Gasteiger partial charge on any atom is 0.154 e. The number of ether oxygens (including phenoxy) is 1. The predicted octanol–water partition coefficient (Wildman–Crippen LogP) is 0.0786. The molecule has 3 nitrogen and oxygen atoms in total. The Balaban J connectivity index is 3.06. The van der Waals surface area contributed by atoms with Gasteiger partial charge < -0.3 is 15.6 Å². The molecule has 3 heteroatoms. The molecule has 0 rings (SSSR count). The molecule has 0 aliphatic rings. The first-order valence-electron chi connectivity index (χ1n) is 3.22. The normalized spacial score (nSPS) is 17.3. The summed E-state index contributed by atoms with van der Waals surface area (Å²) in [5.41, 5.74) is 5.36. The first-order valence-corrected chi connectivity index (χ1v) is 3.22.